The van der Waals surface area contributed by atoms with E-state index in [9.17, 15) is 4.79 Å². The fraction of sp³-hybridized carbons (Fsp3) is 0.632. The molecule has 126 valence electrons. The molecule has 4 rings (SSSR count). The molecule has 0 aromatic heterocycles. The number of hydrogen-bond acceptors (Lipinski definition) is 2. The summed E-state index contributed by atoms with van der Waals surface area (Å²) in [6, 6.07) is 9.10. The Balaban J connectivity index is 0.00000156. The molecule has 0 bridgehead atoms. The molecule has 1 aromatic rings. The molecule has 1 amide bonds. The maximum absolute atomic E-state index is 12.9. The summed E-state index contributed by atoms with van der Waals surface area (Å²) < 4.78 is 0. The van der Waals surface area contributed by atoms with Gasteiger partial charge in [-0.1, -0.05) is 24.3 Å². The molecule has 2 unspecified atom stereocenters. The minimum atomic E-state index is 0. The molecule has 4 heteroatoms. The van der Waals surface area contributed by atoms with Gasteiger partial charge in [-0.05, 0) is 68.2 Å². The van der Waals surface area contributed by atoms with Gasteiger partial charge in [-0.2, -0.15) is 0 Å². The van der Waals surface area contributed by atoms with Crippen molar-refractivity contribution in [3.8, 4) is 0 Å². The third kappa shape index (κ3) is 3.01. The molecule has 1 aliphatic heterocycles. The van der Waals surface area contributed by atoms with Gasteiger partial charge in [0.25, 0.3) is 0 Å². The number of piperidine rings is 1. The zero-order chi connectivity index (χ0) is 15.2. The fourth-order valence-corrected chi connectivity index (χ4v) is 4.61. The number of benzene rings is 1. The quantitative estimate of drug-likeness (QED) is 0.902. The first-order valence-corrected chi connectivity index (χ1v) is 8.74. The second-order valence-corrected chi connectivity index (χ2v) is 7.48. The zero-order valence-electron chi connectivity index (χ0n) is 13.9. The molecule has 23 heavy (non-hydrogen) atoms. The molecule has 1 saturated carbocycles. The molecule has 1 heterocycles. The Morgan fingerprint density at radius 3 is 2.65 bits per heavy atom. The number of nitrogens with one attached hydrogen (secondary N) is 1. The van der Waals surface area contributed by atoms with E-state index in [0.29, 0.717) is 23.3 Å². The average Bonchev–Trinajstić information content (AvgIpc) is 3.26. The summed E-state index contributed by atoms with van der Waals surface area (Å²) in [6.07, 6.45) is 6.75. The minimum Gasteiger partial charge on any atom is -0.342 e. The molecular formula is C19H27ClN2O. The van der Waals surface area contributed by atoms with Crippen molar-refractivity contribution >= 4 is 18.3 Å². The second-order valence-electron chi connectivity index (χ2n) is 7.48. The molecule has 2 fully saturated rings. The fourth-order valence-electron chi connectivity index (χ4n) is 4.61. The van der Waals surface area contributed by atoms with Crippen LogP contribution in [0.15, 0.2) is 24.3 Å². The van der Waals surface area contributed by atoms with Gasteiger partial charge in [-0.25, -0.2) is 0 Å². The summed E-state index contributed by atoms with van der Waals surface area (Å²) in [7, 11) is 2.04. The summed E-state index contributed by atoms with van der Waals surface area (Å²) in [5.41, 5.74) is 3.26. The van der Waals surface area contributed by atoms with E-state index in [1.54, 1.807) is 0 Å². The number of halogens is 1. The summed E-state index contributed by atoms with van der Waals surface area (Å²) in [6.45, 7) is 2.18. The van der Waals surface area contributed by atoms with Gasteiger partial charge in [-0.15, -0.1) is 12.4 Å². The first-order valence-electron chi connectivity index (χ1n) is 8.74. The summed E-state index contributed by atoms with van der Waals surface area (Å²) >= 11 is 0. The number of likely N-dealkylation sites (N-methyl/N-ethyl adjacent to an activating group) is 1. The van der Waals surface area contributed by atoms with Crippen molar-refractivity contribution in [3.63, 3.8) is 0 Å². The van der Waals surface area contributed by atoms with Gasteiger partial charge in [0.15, 0.2) is 0 Å². The third-order valence-corrected chi connectivity index (χ3v) is 6.30. The van der Waals surface area contributed by atoms with Gasteiger partial charge >= 0.3 is 0 Å². The van der Waals surface area contributed by atoms with Crippen LogP contribution < -0.4 is 5.32 Å². The SMILES string of the molecule is CN(C(=O)C1CC12CCNCC2)C1CCc2ccccc2C1.Cl. The van der Waals surface area contributed by atoms with Crippen molar-refractivity contribution in [1.82, 2.24) is 10.2 Å². The highest BCUT2D eigenvalue weighted by Gasteiger charge is 2.58. The summed E-state index contributed by atoms with van der Waals surface area (Å²) in [5, 5.41) is 3.42. The number of fused-ring (bicyclic) bond motifs is 1. The van der Waals surface area contributed by atoms with Crippen LogP contribution in [-0.4, -0.2) is 37.0 Å². The van der Waals surface area contributed by atoms with E-state index in [2.05, 4.69) is 34.5 Å². The van der Waals surface area contributed by atoms with Gasteiger partial charge in [0.2, 0.25) is 5.91 Å². The van der Waals surface area contributed by atoms with Crippen LogP contribution in [0, 0.1) is 11.3 Å². The Morgan fingerprint density at radius 2 is 1.91 bits per heavy atom. The third-order valence-electron chi connectivity index (χ3n) is 6.30. The van der Waals surface area contributed by atoms with Crippen LogP contribution in [0.5, 0.6) is 0 Å². The lowest BCUT2D eigenvalue weighted by molar-refractivity contribution is -0.134. The number of amides is 1. The zero-order valence-corrected chi connectivity index (χ0v) is 14.7. The van der Waals surface area contributed by atoms with E-state index >= 15 is 0 Å². The lowest BCUT2D eigenvalue weighted by atomic mass is 9.87. The van der Waals surface area contributed by atoms with E-state index in [1.165, 1.54) is 24.0 Å². The minimum absolute atomic E-state index is 0. The van der Waals surface area contributed by atoms with Gasteiger partial charge < -0.3 is 10.2 Å². The van der Waals surface area contributed by atoms with E-state index in [4.69, 9.17) is 0 Å². The number of carbonyl (C=O) groups excluding carboxylic acids is 1. The maximum Gasteiger partial charge on any atom is 0.226 e. The monoisotopic (exact) mass is 334 g/mol. The molecule has 1 saturated heterocycles. The van der Waals surface area contributed by atoms with Gasteiger partial charge in [0, 0.05) is 19.0 Å². The number of carbonyl (C=O) groups is 1. The number of nitrogens with zero attached hydrogens (tertiary/aromatic N) is 1. The van der Waals surface area contributed by atoms with Crippen LogP contribution in [0.25, 0.3) is 0 Å². The molecule has 3 nitrogen and oxygen atoms in total. The Bertz CT molecular complexity index is 582. The van der Waals surface area contributed by atoms with Crippen molar-refractivity contribution in [3.05, 3.63) is 35.4 Å². The van der Waals surface area contributed by atoms with Crippen LogP contribution in [0.3, 0.4) is 0 Å². The lowest BCUT2D eigenvalue weighted by Gasteiger charge is -2.33. The van der Waals surface area contributed by atoms with Crippen LogP contribution >= 0.6 is 12.4 Å². The Morgan fingerprint density at radius 1 is 1.22 bits per heavy atom. The van der Waals surface area contributed by atoms with E-state index in [-0.39, 0.29) is 12.4 Å². The van der Waals surface area contributed by atoms with Crippen molar-refractivity contribution in [2.45, 2.75) is 44.6 Å². The van der Waals surface area contributed by atoms with Crippen LogP contribution in [0.4, 0.5) is 0 Å². The second kappa shape index (κ2) is 6.45. The molecule has 3 aliphatic rings. The van der Waals surface area contributed by atoms with Crippen molar-refractivity contribution in [1.29, 1.82) is 0 Å². The Kier molecular flexibility index (Phi) is 4.70. The normalized spacial score (nSPS) is 27.7. The van der Waals surface area contributed by atoms with E-state index < -0.39 is 0 Å². The average molecular weight is 335 g/mol. The molecule has 2 aliphatic carbocycles. The number of rotatable bonds is 2. The molecule has 1 spiro atoms. The van der Waals surface area contributed by atoms with Crippen molar-refractivity contribution in [2.75, 3.05) is 20.1 Å². The first-order chi connectivity index (χ1) is 10.7. The predicted molar refractivity (Wildman–Crippen MR) is 94.9 cm³/mol. The molecule has 0 radical (unpaired) electrons. The van der Waals surface area contributed by atoms with Gasteiger partial charge in [-0.3, -0.25) is 4.79 Å². The predicted octanol–water partition coefficient (Wildman–Crippen LogP) is 2.81. The molecular weight excluding hydrogens is 308 g/mol. The molecule has 1 N–H and O–H groups in total. The highest BCUT2D eigenvalue weighted by molar-refractivity contribution is 5.85. The number of aryl methyl sites for hydroxylation is 1. The Labute approximate surface area is 145 Å². The number of hydrogen-bond donors (Lipinski definition) is 1. The van der Waals surface area contributed by atoms with E-state index in [1.807, 2.05) is 7.05 Å². The van der Waals surface area contributed by atoms with Crippen LogP contribution in [-0.2, 0) is 17.6 Å². The lowest BCUT2D eigenvalue weighted by Crippen LogP contribution is -2.42. The Hall–Kier alpha value is -1.06. The van der Waals surface area contributed by atoms with Crippen molar-refractivity contribution < 1.29 is 4.79 Å². The topological polar surface area (TPSA) is 32.3 Å². The smallest absolute Gasteiger partial charge is 0.226 e. The van der Waals surface area contributed by atoms with Gasteiger partial charge in [0.1, 0.15) is 0 Å². The highest BCUT2D eigenvalue weighted by Crippen LogP contribution is 2.59. The van der Waals surface area contributed by atoms with Crippen molar-refractivity contribution in [2.24, 2.45) is 11.3 Å². The maximum atomic E-state index is 12.9. The summed E-state index contributed by atoms with van der Waals surface area (Å²) in [4.78, 5) is 15.0. The largest absolute Gasteiger partial charge is 0.342 e. The van der Waals surface area contributed by atoms with E-state index in [0.717, 1.165) is 38.8 Å². The van der Waals surface area contributed by atoms with Crippen LogP contribution in [0.2, 0.25) is 0 Å². The highest BCUT2D eigenvalue weighted by atomic mass is 35.5. The molecule has 2 atom stereocenters. The van der Waals surface area contributed by atoms with Gasteiger partial charge in [0.05, 0.1) is 0 Å². The molecule has 1 aromatic carbocycles. The summed E-state index contributed by atoms with van der Waals surface area (Å²) in [5.74, 6) is 0.711. The van der Waals surface area contributed by atoms with Crippen LogP contribution in [0.1, 0.15) is 36.8 Å². The standard InChI is InChI=1S/C19H26N2O.ClH/c1-21(16-7-6-14-4-2-3-5-15(14)12-16)18(22)17-13-19(17)8-10-20-11-9-19;/h2-5,16-17,20H,6-13H2,1H3;1H. The first kappa shape index (κ1) is 16.8.